The molecular weight excluding hydrogens is 312 g/mol. The van der Waals surface area contributed by atoms with Crippen LogP contribution < -0.4 is 5.32 Å². The lowest BCUT2D eigenvalue weighted by Crippen LogP contribution is -2.19. The van der Waals surface area contributed by atoms with E-state index in [0.717, 1.165) is 52.2 Å². The largest absolute Gasteiger partial charge is 0.351 e. The molecule has 126 valence electrons. The van der Waals surface area contributed by atoms with Gasteiger partial charge in [-0.25, -0.2) is 19.5 Å². The van der Waals surface area contributed by atoms with Crippen LogP contribution in [0.5, 0.6) is 0 Å². The van der Waals surface area contributed by atoms with Crippen LogP contribution in [0.3, 0.4) is 0 Å². The quantitative estimate of drug-likeness (QED) is 0.795. The normalized spacial score (nSPS) is 17.4. The molecule has 1 fully saturated rings. The Morgan fingerprint density at radius 2 is 2.08 bits per heavy atom. The zero-order valence-corrected chi connectivity index (χ0v) is 14.4. The molecule has 0 aliphatic heterocycles. The number of rotatable bonds is 4. The van der Waals surface area contributed by atoms with Crippen molar-refractivity contribution in [3.8, 4) is 0 Å². The van der Waals surface area contributed by atoms with E-state index in [0.29, 0.717) is 6.04 Å². The number of fused-ring (bicyclic) bond motifs is 2. The smallest absolute Gasteiger partial charge is 0.223 e. The standard InChI is InChI=1S/C19H20N6/c1-11-9-20-18-8-7-17(24-25(11)18)14-5-6-16-15(14)10-21-19(23-16)22-12(2)13-3-4-13/h5,7-10,12-13H,3-4,6H2,1-2H3,(H,21,22,23)/t12-/m1/s1. The molecule has 1 saturated carbocycles. The number of aromatic nitrogens is 5. The van der Waals surface area contributed by atoms with Crippen molar-refractivity contribution in [1.29, 1.82) is 0 Å². The minimum absolute atomic E-state index is 0.445. The van der Waals surface area contributed by atoms with Gasteiger partial charge in [-0.2, -0.15) is 5.10 Å². The van der Waals surface area contributed by atoms with Crippen molar-refractivity contribution in [3.63, 3.8) is 0 Å². The molecule has 3 aromatic rings. The molecule has 0 bridgehead atoms. The molecular formula is C19H20N6. The molecule has 0 spiro atoms. The number of aryl methyl sites for hydroxylation is 1. The Labute approximate surface area is 146 Å². The summed E-state index contributed by atoms with van der Waals surface area (Å²) in [5.41, 5.74) is 6.08. The van der Waals surface area contributed by atoms with Crippen LogP contribution in [-0.2, 0) is 6.42 Å². The Morgan fingerprint density at radius 1 is 1.20 bits per heavy atom. The fourth-order valence-electron chi connectivity index (χ4n) is 3.47. The molecule has 2 aliphatic carbocycles. The highest BCUT2D eigenvalue weighted by molar-refractivity contribution is 5.82. The van der Waals surface area contributed by atoms with Gasteiger partial charge in [-0.15, -0.1) is 0 Å². The second kappa shape index (κ2) is 5.37. The van der Waals surface area contributed by atoms with E-state index in [1.54, 1.807) is 0 Å². The van der Waals surface area contributed by atoms with Gasteiger partial charge in [-0.1, -0.05) is 6.08 Å². The van der Waals surface area contributed by atoms with E-state index in [2.05, 4.69) is 28.3 Å². The minimum Gasteiger partial charge on any atom is -0.351 e. The highest BCUT2D eigenvalue weighted by atomic mass is 15.3. The van der Waals surface area contributed by atoms with Crippen molar-refractivity contribution in [2.45, 2.75) is 39.2 Å². The number of nitrogens with zero attached hydrogens (tertiary/aromatic N) is 5. The van der Waals surface area contributed by atoms with Crippen LogP contribution in [0.1, 0.15) is 42.4 Å². The highest BCUT2D eigenvalue weighted by Gasteiger charge is 2.28. The average molecular weight is 332 g/mol. The van der Waals surface area contributed by atoms with Crippen LogP contribution in [0.25, 0.3) is 11.2 Å². The summed E-state index contributed by atoms with van der Waals surface area (Å²) in [6.45, 7) is 4.22. The van der Waals surface area contributed by atoms with Crippen molar-refractivity contribution in [2.24, 2.45) is 5.92 Å². The lowest BCUT2D eigenvalue weighted by Gasteiger charge is -2.13. The Bertz CT molecular complexity index is 998. The third-order valence-corrected chi connectivity index (χ3v) is 5.15. The second-order valence-corrected chi connectivity index (χ2v) is 7.03. The minimum atomic E-state index is 0.445. The fourth-order valence-corrected chi connectivity index (χ4v) is 3.47. The zero-order valence-electron chi connectivity index (χ0n) is 14.4. The lowest BCUT2D eigenvalue weighted by atomic mass is 10.1. The fraction of sp³-hybridized carbons (Fsp3) is 0.368. The molecule has 3 aromatic heterocycles. The molecule has 3 heterocycles. The van der Waals surface area contributed by atoms with Crippen molar-refractivity contribution in [1.82, 2.24) is 24.6 Å². The number of nitrogens with one attached hydrogen (secondary N) is 1. The summed E-state index contributed by atoms with van der Waals surface area (Å²) in [7, 11) is 0. The summed E-state index contributed by atoms with van der Waals surface area (Å²) in [5, 5.41) is 8.18. The first kappa shape index (κ1) is 14.6. The first-order valence-corrected chi connectivity index (χ1v) is 8.84. The van der Waals surface area contributed by atoms with Crippen LogP contribution >= 0.6 is 0 Å². The topological polar surface area (TPSA) is 68.0 Å². The molecule has 2 aliphatic rings. The second-order valence-electron chi connectivity index (χ2n) is 7.03. The summed E-state index contributed by atoms with van der Waals surface area (Å²) in [4.78, 5) is 13.6. The molecule has 1 N–H and O–H groups in total. The summed E-state index contributed by atoms with van der Waals surface area (Å²) >= 11 is 0. The lowest BCUT2D eigenvalue weighted by molar-refractivity contribution is 0.685. The Hall–Kier alpha value is -2.76. The predicted octanol–water partition coefficient (Wildman–Crippen LogP) is 3.03. The molecule has 1 atom stereocenters. The Morgan fingerprint density at radius 3 is 2.92 bits per heavy atom. The van der Waals surface area contributed by atoms with E-state index < -0.39 is 0 Å². The van der Waals surface area contributed by atoms with Gasteiger partial charge < -0.3 is 5.32 Å². The molecule has 6 heteroatoms. The van der Waals surface area contributed by atoms with Crippen LogP contribution in [-0.4, -0.2) is 30.6 Å². The monoisotopic (exact) mass is 332 g/mol. The van der Waals surface area contributed by atoms with Crippen molar-refractivity contribution in [2.75, 3.05) is 5.32 Å². The molecule has 0 unspecified atom stereocenters. The number of imidazole rings is 1. The van der Waals surface area contributed by atoms with E-state index >= 15 is 0 Å². The van der Waals surface area contributed by atoms with Crippen molar-refractivity contribution in [3.05, 3.63) is 53.2 Å². The van der Waals surface area contributed by atoms with Crippen LogP contribution in [0, 0.1) is 12.8 Å². The van der Waals surface area contributed by atoms with Gasteiger partial charge in [-0.05, 0) is 44.7 Å². The Kier molecular flexibility index (Phi) is 3.13. The summed E-state index contributed by atoms with van der Waals surface area (Å²) in [6, 6.07) is 4.46. The first-order chi connectivity index (χ1) is 12.2. The zero-order chi connectivity index (χ0) is 17.0. The molecule has 0 amide bonds. The van der Waals surface area contributed by atoms with Gasteiger partial charge in [0.2, 0.25) is 5.95 Å². The van der Waals surface area contributed by atoms with Crippen LogP contribution in [0.2, 0.25) is 0 Å². The number of anilines is 1. The molecule has 0 aromatic carbocycles. The number of allylic oxidation sites excluding steroid dienone is 1. The van der Waals surface area contributed by atoms with Gasteiger partial charge in [0, 0.05) is 29.8 Å². The van der Waals surface area contributed by atoms with E-state index in [1.807, 2.05) is 36.0 Å². The van der Waals surface area contributed by atoms with Crippen molar-refractivity contribution < 1.29 is 0 Å². The molecule has 0 saturated heterocycles. The average Bonchev–Trinajstić information content (AvgIpc) is 3.30. The summed E-state index contributed by atoms with van der Waals surface area (Å²) < 4.78 is 1.88. The van der Waals surface area contributed by atoms with Gasteiger partial charge in [-0.3, -0.25) is 0 Å². The SMILES string of the molecule is Cc1cnc2ccc(C3=CCc4nc(N[C@H](C)C5CC5)ncc43)nn12. The van der Waals surface area contributed by atoms with Crippen LogP contribution in [0.4, 0.5) is 5.95 Å². The molecule has 6 nitrogen and oxygen atoms in total. The van der Waals surface area contributed by atoms with E-state index in [9.17, 15) is 0 Å². The Balaban J connectivity index is 1.46. The first-order valence-electron chi connectivity index (χ1n) is 8.84. The highest BCUT2D eigenvalue weighted by Crippen LogP contribution is 2.34. The van der Waals surface area contributed by atoms with Gasteiger partial charge in [0.1, 0.15) is 0 Å². The van der Waals surface area contributed by atoms with E-state index in [-0.39, 0.29) is 0 Å². The third kappa shape index (κ3) is 2.49. The third-order valence-electron chi connectivity index (χ3n) is 5.15. The van der Waals surface area contributed by atoms with Gasteiger partial charge in [0.05, 0.1) is 23.3 Å². The molecule has 0 radical (unpaired) electrons. The molecule has 25 heavy (non-hydrogen) atoms. The molecule has 5 rings (SSSR count). The van der Waals surface area contributed by atoms with Gasteiger partial charge in [0.15, 0.2) is 5.65 Å². The van der Waals surface area contributed by atoms with Crippen LogP contribution in [0.15, 0.2) is 30.6 Å². The maximum absolute atomic E-state index is 4.73. The summed E-state index contributed by atoms with van der Waals surface area (Å²) in [6.07, 6.45) is 9.40. The van der Waals surface area contributed by atoms with E-state index in [1.165, 1.54) is 12.8 Å². The number of hydrogen-bond donors (Lipinski definition) is 1. The van der Waals surface area contributed by atoms with Gasteiger partial charge >= 0.3 is 0 Å². The number of hydrogen-bond acceptors (Lipinski definition) is 5. The van der Waals surface area contributed by atoms with Gasteiger partial charge in [0.25, 0.3) is 0 Å². The van der Waals surface area contributed by atoms with E-state index in [4.69, 9.17) is 10.1 Å². The van der Waals surface area contributed by atoms with Crippen molar-refractivity contribution >= 4 is 17.2 Å². The predicted molar refractivity (Wildman–Crippen MR) is 96.3 cm³/mol. The maximum atomic E-state index is 4.73. The summed E-state index contributed by atoms with van der Waals surface area (Å²) in [5.74, 6) is 1.52. The maximum Gasteiger partial charge on any atom is 0.223 e.